The lowest BCUT2D eigenvalue weighted by atomic mass is 9.93. The maximum atomic E-state index is 13.8. The molecule has 0 aliphatic carbocycles. The number of nitrogens with two attached hydrogens (primary N) is 3. The van der Waals surface area contributed by atoms with Crippen molar-refractivity contribution in [2.24, 2.45) is 23.1 Å². The van der Waals surface area contributed by atoms with Gasteiger partial charge >= 0.3 is 6.03 Å². The third-order valence-electron chi connectivity index (χ3n) is 12.8. The SMILES string of the molecule is Cc1cc(C2CN(C(/C=C(\N)c3ccccc3O)=C(N)N)CCO2)ccc1C(=O)N1CCC(CN2CCC(n3c(C)cc4c(N5CCC(=O)NC5=O)cccc43)CC2)CC1. The second-order valence-electron chi connectivity index (χ2n) is 16.7. The second kappa shape index (κ2) is 17.3. The number of aromatic hydroxyl groups is 1. The molecule has 4 aromatic rings. The second-order valence-corrected chi connectivity index (χ2v) is 16.7. The summed E-state index contributed by atoms with van der Waals surface area (Å²) < 4.78 is 8.64. The van der Waals surface area contributed by atoms with E-state index in [0.29, 0.717) is 67.1 Å². The highest BCUT2D eigenvalue weighted by atomic mass is 16.5. The highest BCUT2D eigenvalue weighted by Gasteiger charge is 2.31. The number of para-hydroxylation sites is 1. The number of phenols is 1. The number of benzene rings is 3. The lowest BCUT2D eigenvalue weighted by molar-refractivity contribution is -0.120. The van der Waals surface area contributed by atoms with E-state index in [2.05, 4.69) is 33.8 Å². The summed E-state index contributed by atoms with van der Waals surface area (Å²) in [6.45, 7) is 10.6. The Labute approximate surface area is 351 Å². The first kappa shape index (κ1) is 40.8. The lowest BCUT2D eigenvalue weighted by Crippen LogP contribution is -2.49. The zero-order valence-corrected chi connectivity index (χ0v) is 34.6. The summed E-state index contributed by atoms with van der Waals surface area (Å²) in [4.78, 5) is 46.6. The topological polar surface area (TPSA) is 189 Å². The molecule has 60 heavy (non-hydrogen) atoms. The van der Waals surface area contributed by atoms with Gasteiger partial charge in [-0.3, -0.25) is 19.8 Å². The van der Waals surface area contributed by atoms with Crippen LogP contribution >= 0.6 is 0 Å². The molecular weight excluding hydrogens is 759 g/mol. The van der Waals surface area contributed by atoms with Crippen LogP contribution in [0.5, 0.6) is 5.75 Å². The van der Waals surface area contributed by atoms with E-state index in [1.807, 2.05) is 47.1 Å². The number of amides is 4. The number of phenolic OH excluding ortho intramolecular Hbond substituents is 1. The van der Waals surface area contributed by atoms with E-state index in [9.17, 15) is 19.5 Å². The normalized spacial score (nSPS) is 20.1. The summed E-state index contributed by atoms with van der Waals surface area (Å²) in [5.41, 5.74) is 25.8. The molecule has 0 spiro atoms. The minimum Gasteiger partial charge on any atom is -0.507 e. The highest BCUT2D eigenvalue weighted by molar-refractivity contribution is 6.09. The molecule has 0 bridgehead atoms. The molecule has 1 aromatic heterocycles. The molecule has 0 radical (unpaired) electrons. The zero-order valence-electron chi connectivity index (χ0n) is 34.6. The van der Waals surface area contributed by atoms with Gasteiger partial charge in [-0.2, -0.15) is 0 Å². The van der Waals surface area contributed by atoms with Crippen molar-refractivity contribution >= 4 is 40.1 Å². The van der Waals surface area contributed by atoms with Gasteiger partial charge in [0.25, 0.3) is 5.91 Å². The van der Waals surface area contributed by atoms with Crippen molar-refractivity contribution < 1.29 is 24.2 Å². The zero-order chi connectivity index (χ0) is 42.1. The van der Waals surface area contributed by atoms with Crippen molar-refractivity contribution in [3.8, 4) is 5.75 Å². The fraction of sp³-hybridized carbons (Fsp3) is 0.413. The Morgan fingerprint density at radius 2 is 1.63 bits per heavy atom. The number of anilines is 1. The summed E-state index contributed by atoms with van der Waals surface area (Å²) >= 11 is 0. The Morgan fingerprint density at radius 3 is 2.35 bits per heavy atom. The quantitative estimate of drug-likeness (QED) is 0.143. The molecular formula is C46H57N9O5. The highest BCUT2D eigenvalue weighted by Crippen LogP contribution is 2.36. The van der Waals surface area contributed by atoms with Gasteiger partial charge in [-0.1, -0.05) is 30.3 Å². The van der Waals surface area contributed by atoms with E-state index in [0.717, 1.165) is 86.1 Å². The number of carbonyl (C=O) groups is 3. The van der Waals surface area contributed by atoms with Crippen molar-refractivity contribution in [3.63, 3.8) is 0 Å². The molecule has 3 aromatic carbocycles. The van der Waals surface area contributed by atoms with Crippen molar-refractivity contribution in [1.29, 1.82) is 0 Å². The van der Waals surface area contributed by atoms with Crippen molar-refractivity contribution in [1.82, 2.24) is 24.6 Å². The van der Waals surface area contributed by atoms with Crippen LogP contribution < -0.4 is 27.4 Å². The number of allylic oxidation sites excluding steroid dienone is 1. The smallest absolute Gasteiger partial charge is 0.328 e. The average Bonchev–Trinajstić information content (AvgIpc) is 3.59. The maximum absolute atomic E-state index is 13.8. The number of urea groups is 1. The average molecular weight is 816 g/mol. The first-order chi connectivity index (χ1) is 28.9. The number of carbonyl (C=O) groups excluding carboxylic acids is 3. The number of hydrogen-bond donors (Lipinski definition) is 5. The number of piperidine rings is 2. The molecule has 8 N–H and O–H groups in total. The number of fused-ring (bicyclic) bond motifs is 1. The molecule has 1 unspecified atom stereocenters. The van der Waals surface area contributed by atoms with E-state index < -0.39 is 0 Å². The van der Waals surface area contributed by atoms with Gasteiger partial charge in [0, 0.05) is 92.7 Å². The summed E-state index contributed by atoms with van der Waals surface area (Å²) in [6, 6.07) is 21.1. The lowest BCUT2D eigenvalue weighted by Gasteiger charge is -2.38. The third-order valence-corrected chi connectivity index (χ3v) is 12.8. The molecule has 4 aliphatic rings. The predicted octanol–water partition coefficient (Wildman–Crippen LogP) is 5.06. The van der Waals surface area contributed by atoms with E-state index in [4.69, 9.17) is 21.9 Å². The molecule has 4 fully saturated rings. The molecule has 1 atom stereocenters. The van der Waals surface area contributed by atoms with E-state index >= 15 is 0 Å². The Hall–Kier alpha value is -5.99. The van der Waals surface area contributed by atoms with Crippen LogP contribution in [0.3, 0.4) is 0 Å². The largest absolute Gasteiger partial charge is 0.507 e. The van der Waals surface area contributed by atoms with Gasteiger partial charge in [0.2, 0.25) is 5.91 Å². The summed E-state index contributed by atoms with van der Waals surface area (Å²) in [5.74, 6) is 0.588. The number of nitrogens with one attached hydrogen (secondary N) is 1. The Morgan fingerprint density at radius 1 is 0.867 bits per heavy atom. The van der Waals surface area contributed by atoms with Crippen LogP contribution in [-0.2, 0) is 9.53 Å². The van der Waals surface area contributed by atoms with Gasteiger partial charge < -0.3 is 46.3 Å². The maximum Gasteiger partial charge on any atom is 0.328 e. The van der Waals surface area contributed by atoms with Gasteiger partial charge in [0.05, 0.1) is 23.5 Å². The number of imide groups is 1. The molecule has 4 amide bonds. The van der Waals surface area contributed by atoms with E-state index in [1.165, 1.54) is 5.69 Å². The van der Waals surface area contributed by atoms with Crippen LogP contribution in [0.1, 0.15) is 77.0 Å². The van der Waals surface area contributed by atoms with Crippen molar-refractivity contribution in [2.45, 2.75) is 58.1 Å². The first-order valence-corrected chi connectivity index (χ1v) is 21.2. The number of hydrogen-bond acceptors (Lipinski definition) is 10. The fourth-order valence-corrected chi connectivity index (χ4v) is 9.59. The Bertz CT molecular complexity index is 2330. The fourth-order valence-electron chi connectivity index (χ4n) is 9.59. The molecule has 14 heteroatoms. The van der Waals surface area contributed by atoms with Gasteiger partial charge in [-0.25, -0.2) is 4.79 Å². The van der Waals surface area contributed by atoms with Gasteiger partial charge in [-0.05, 0) is 99.0 Å². The van der Waals surface area contributed by atoms with Crippen LogP contribution in [0.25, 0.3) is 16.6 Å². The number of rotatable bonds is 9. The van der Waals surface area contributed by atoms with Crippen LogP contribution in [0, 0.1) is 19.8 Å². The number of aryl methyl sites for hydroxylation is 2. The first-order valence-electron chi connectivity index (χ1n) is 21.2. The van der Waals surface area contributed by atoms with Gasteiger partial charge in [0.1, 0.15) is 17.7 Å². The Balaban J connectivity index is 0.836. The number of morpholine rings is 1. The minimum atomic E-state index is -0.359. The molecule has 316 valence electrons. The standard InChI is InChI=1S/C46H57N9O5/c1-29-24-32(42-28-53(22-23-60-42)40(44(48)49)26-37(47)35-6-3-4-9-41(35)56)10-11-34(29)45(58)52-19-12-31(13-20-52)27-51-17-14-33(15-18-51)55-30(2)25-36-38(7-5-8-39(36)55)54-21-16-43(57)50-46(54)59/h3-11,24-26,31,33,42,56H,12-23,27-28,47-49H2,1-2H3,(H,50,57,59)/b37-26-. The monoisotopic (exact) mass is 815 g/mol. The summed E-state index contributed by atoms with van der Waals surface area (Å²) in [7, 11) is 0. The molecule has 8 rings (SSSR count). The molecule has 14 nitrogen and oxygen atoms in total. The van der Waals surface area contributed by atoms with E-state index in [-0.39, 0.29) is 35.5 Å². The predicted molar refractivity (Wildman–Crippen MR) is 233 cm³/mol. The summed E-state index contributed by atoms with van der Waals surface area (Å²) in [5, 5.41) is 13.8. The number of nitrogens with zero attached hydrogens (tertiary/aromatic N) is 5. The van der Waals surface area contributed by atoms with E-state index in [1.54, 1.807) is 35.2 Å². The van der Waals surface area contributed by atoms with Crippen molar-refractivity contribution in [3.05, 3.63) is 112 Å². The van der Waals surface area contributed by atoms with Crippen LogP contribution in [-0.4, -0.2) is 101 Å². The Kier molecular flexibility index (Phi) is 11.8. The molecule has 5 heterocycles. The van der Waals surface area contributed by atoms with Crippen LogP contribution in [0.2, 0.25) is 0 Å². The molecule has 4 saturated heterocycles. The van der Waals surface area contributed by atoms with Crippen LogP contribution in [0.4, 0.5) is 10.5 Å². The minimum absolute atomic E-state index is 0.0716. The van der Waals surface area contributed by atoms with Crippen molar-refractivity contribution in [2.75, 3.05) is 63.9 Å². The molecule has 0 saturated carbocycles. The molecule has 4 aliphatic heterocycles. The third kappa shape index (κ3) is 8.39. The number of ether oxygens (including phenoxy) is 1. The number of aromatic nitrogens is 1. The number of likely N-dealkylation sites (tertiary alicyclic amines) is 2. The van der Waals surface area contributed by atoms with Crippen LogP contribution in [0.15, 0.2) is 84.3 Å². The van der Waals surface area contributed by atoms with Gasteiger partial charge in [0.15, 0.2) is 0 Å². The summed E-state index contributed by atoms with van der Waals surface area (Å²) in [6.07, 6.45) is 5.80. The van der Waals surface area contributed by atoms with Gasteiger partial charge in [-0.15, -0.1) is 0 Å².